The molecule has 17 heteroatoms. The molecule has 0 N–H and O–H groups in total. The van der Waals surface area contributed by atoms with Crippen molar-refractivity contribution in [1.29, 1.82) is 5.26 Å². The number of carbonyl (C=O) groups is 1. The molecule has 6 aliphatic rings. The van der Waals surface area contributed by atoms with Crippen molar-refractivity contribution in [2.75, 3.05) is 67.1 Å². The molecule has 1 saturated carbocycles. The number of nitrogens with zero attached hydrogens (tertiary/aromatic N) is 12. The molecule has 0 unspecified atom stereocenters. The van der Waals surface area contributed by atoms with Crippen LogP contribution in [0.15, 0.2) is 54.9 Å². The first kappa shape index (κ1) is 47.5. The zero-order chi connectivity index (χ0) is 49.0. The molecule has 1 atom stereocenters. The summed E-state index contributed by atoms with van der Waals surface area (Å²) in [5.74, 6) is 2.96. The average Bonchev–Trinajstić information content (AvgIpc) is 4.09. The molecule has 0 radical (unpaired) electrons. The molecular weight excluding hydrogens is 922 g/mol. The third-order valence-electron chi connectivity index (χ3n) is 16.8. The largest absolute Gasteiger partial charge is 0.473 e. The van der Waals surface area contributed by atoms with Gasteiger partial charge in [-0.25, -0.2) is 8.78 Å². The molecule has 1 spiro atoms. The highest BCUT2D eigenvalue weighted by molar-refractivity contribution is 6.32. The summed E-state index contributed by atoms with van der Waals surface area (Å²) < 4.78 is 39.9. The number of benzene rings is 2. The van der Waals surface area contributed by atoms with Crippen LogP contribution in [-0.2, 0) is 31.2 Å². The van der Waals surface area contributed by atoms with Crippen LogP contribution >= 0.6 is 11.6 Å². The second-order valence-electron chi connectivity index (χ2n) is 21.4. The number of anilines is 4. The molecule has 14 nitrogen and oxygen atoms in total. The molecule has 374 valence electrons. The fourth-order valence-electron chi connectivity index (χ4n) is 12.9. The maximum Gasteiger partial charge on any atom is 0.264 e. The maximum absolute atomic E-state index is 14.8. The molecule has 11 rings (SSSR count). The number of halogens is 3. The standard InChI is InChI=1S/C54H65ClF2N12O2/c1-35-28-54(34-68(35)42-11-8-39(29-58)47(55)26-42)17-23-65(24-18-54)50-12-13-51(61-60-50)71-43-14-20-64(21-15-43)31-37-6-9-41(10-7-37)69-48-16-22-66(36(2)70)33-46(48)53(62-69)67-19-4-5-38-25-44(40-30-59-63(3)32-40)45(52(56)57)27-49(38)67/h8,11-13,25-27,30,32,35,37,41,43,52H,4-7,9-10,14-24,28,31,33-34H2,1-3H3/t35-,37?,41?/m0/s1. The highest BCUT2D eigenvalue weighted by Crippen LogP contribution is 2.47. The Morgan fingerprint density at radius 1 is 0.972 bits per heavy atom. The Labute approximate surface area is 420 Å². The number of fused-ring (bicyclic) bond motifs is 2. The lowest BCUT2D eigenvalue weighted by molar-refractivity contribution is -0.129. The monoisotopic (exact) mass is 987 g/mol. The number of aromatic nitrogens is 6. The number of aryl methyl sites for hydroxylation is 2. The highest BCUT2D eigenvalue weighted by atomic mass is 35.5. The number of carbonyl (C=O) groups excluding carboxylic acids is 1. The van der Waals surface area contributed by atoms with Gasteiger partial charge < -0.3 is 29.2 Å². The minimum absolute atomic E-state index is 0.000816. The molecule has 3 aromatic heterocycles. The van der Waals surface area contributed by atoms with Crippen molar-refractivity contribution in [3.63, 3.8) is 0 Å². The van der Waals surface area contributed by atoms with Gasteiger partial charge in [0.15, 0.2) is 11.6 Å². The van der Waals surface area contributed by atoms with Crippen LogP contribution in [0.4, 0.5) is 31.8 Å². The van der Waals surface area contributed by atoms with Gasteiger partial charge in [0.1, 0.15) is 12.2 Å². The van der Waals surface area contributed by atoms with E-state index in [2.05, 4.69) is 58.6 Å². The summed E-state index contributed by atoms with van der Waals surface area (Å²) in [4.78, 5) is 24.2. The number of alkyl halides is 2. The second kappa shape index (κ2) is 19.7. The summed E-state index contributed by atoms with van der Waals surface area (Å²) in [5, 5.41) is 28.7. The van der Waals surface area contributed by atoms with Gasteiger partial charge in [0, 0.05) is 125 Å². The van der Waals surface area contributed by atoms with Gasteiger partial charge in [-0.2, -0.15) is 15.5 Å². The molecule has 1 aliphatic carbocycles. The fraction of sp³-hybridized carbons (Fsp3) is 0.556. The molecule has 2 aromatic carbocycles. The second-order valence-corrected chi connectivity index (χ2v) is 21.8. The minimum Gasteiger partial charge on any atom is -0.473 e. The Balaban J connectivity index is 0.676. The summed E-state index contributed by atoms with van der Waals surface area (Å²) in [6, 6.07) is 16.3. The Kier molecular flexibility index (Phi) is 13.2. The predicted octanol–water partition coefficient (Wildman–Crippen LogP) is 9.69. The van der Waals surface area contributed by atoms with E-state index in [4.69, 9.17) is 21.4 Å². The quantitative estimate of drug-likeness (QED) is 0.133. The van der Waals surface area contributed by atoms with Crippen LogP contribution in [-0.4, -0.2) is 110 Å². The Hall–Kier alpha value is -5.79. The summed E-state index contributed by atoms with van der Waals surface area (Å²) >= 11 is 6.41. The van der Waals surface area contributed by atoms with Gasteiger partial charge in [-0.15, -0.1) is 10.2 Å². The van der Waals surface area contributed by atoms with E-state index in [0.29, 0.717) is 59.2 Å². The lowest BCUT2D eigenvalue weighted by Crippen LogP contribution is -2.42. The smallest absolute Gasteiger partial charge is 0.264 e. The number of nitriles is 1. The molecule has 4 fully saturated rings. The molecule has 0 bridgehead atoms. The number of ether oxygens (including phenoxy) is 1. The summed E-state index contributed by atoms with van der Waals surface area (Å²) in [6.07, 6.45) is 12.9. The van der Waals surface area contributed by atoms with Crippen molar-refractivity contribution in [1.82, 2.24) is 39.6 Å². The van der Waals surface area contributed by atoms with Crippen LogP contribution in [0, 0.1) is 22.7 Å². The zero-order valence-electron chi connectivity index (χ0n) is 41.2. The van der Waals surface area contributed by atoms with E-state index in [1.54, 1.807) is 37.1 Å². The number of hydrogen-bond donors (Lipinski definition) is 0. The number of hydrogen-bond acceptors (Lipinski definition) is 11. The van der Waals surface area contributed by atoms with Crippen molar-refractivity contribution in [3.05, 3.63) is 87.8 Å². The highest BCUT2D eigenvalue weighted by Gasteiger charge is 2.44. The van der Waals surface area contributed by atoms with Gasteiger partial charge in [0.25, 0.3) is 6.43 Å². The van der Waals surface area contributed by atoms with E-state index in [0.717, 1.165) is 150 Å². The van der Waals surface area contributed by atoms with Crippen LogP contribution < -0.4 is 19.4 Å². The van der Waals surface area contributed by atoms with Gasteiger partial charge >= 0.3 is 0 Å². The predicted molar refractivity (Wildman–Crippen MR) is 271 cm³/mol. The Morgan fingerprint density at radius 2 is 1.77 bits per heavy atom. The van der Waals surface area contributed by atoms with Crippen molar-refractivity contribution in [3.8, 4) is 23.1 Å². The molecular formula is C54H65ClF2N12O2. The number of rotatable bonds is 10. The maximum atomic E-state index is 14.8. The van der Waals surface area contributed by atoms with E-state index in [9.17, 15) is 18.8 Å². The molecule has 8 heterocycles. The first-order valence-electron chi connectivity index (χ1n) is 25.9. The molecule has 1 amide bonds. The van der Waals surface area contributed by atoms with Crippen molar-refractivity contribution >= 4 is 40.5 Å². The zero-order valence-corrected chi connectivity index (χ0v) is 42.0. The van der Waals surface area contributed by atoms with Gasteiger partial charge in [-0.05, 0) is 136 Å². The van der Waals surface area contributed by atoms with Crippen LogP contribution in [0.5, 0.6) is 5.88 Å². The normalized spacial score (nSPS) is 22.8. The molecule has 3 saturated heterocycles. The van der Waals surface area contributed by atoms with Gasteiger partial charge in [-0.1, -0.05) is 11.6 Å². The summed E-state index contributed by atoms with van der Waals surface area (Å²) in [6.45, 7) is 11.7. The number of amides is 1. The van der Waals surface area contributed by atoms with Gasteiger partial charge in [0.2, 0.25) is 11.8 Å². The van der Waals surface area contributed by atoms with Crippen molar-refractivity contribution < 1.29 is 18.3 Å². The molecule has 5 aliphatic heterocycles. The van der Waals surface area contributed by atoms with Crippen LogP contribution in [0.2, 0.25) is 5.02 Å². The van der Waals surface area contributed by atoms with E-state index in [1.807, 2.05) is 35.2 Å². The van der Waals surface area contributed by atoms with E-state index >= 15 is 0 Å². The van der Waals surface area contributed by atoms with Crippen LogP contribution in [0.25, 0.3) is 11.1 Å². The summed E-state index contributed by atoms with van der Waals surface area (Å²) in [7, 11) is 1.80. The lowest BCUT2D eigenvalue weighted by Gasteiger charge is -2.39. The third kappa shape index (κ3) is 9.56. The topological polar surface area (TPSA) is 128 Å². The summed E-state index contributed by atoms with van der Waals surface area (Å²) in [5.41, 5.74) is 7.13. The minimum atomic E-state index is -2.65. The van der Waals surface area contributed by atoms with E-state index < -0.39 is 6.43 Å². The number of likely N-dealkylation sites (tertiary alicyclic amines) is 1. The fourth-order valence-corrected chi connectivity index (χ4v) is 13.2. The van der Waals surface area contributed by atoms with E-state index in [-0.39, 0.29) is 29.0 Å². The SMILES string of the molecule is CC(=O)N1CCc2c(c(N3CCCc4cc(-c5cnn(C)c5)c(C(F)F)cc43)nn2C2CCC(CN3CCC(Oc4ccc(N5CCC6(CC5)C[C@H](C)N(c5ccc(C#N)c(Cl)c5)C6)nn4)CC3)CC2)C1. The Bertz CT molecular complexity index is 2780. The third-order valence-corrected chi connectivity index (χ3v) is 17.1. The van der Waals surface area contributed by atoms with Gasteiger partial charge in [0.05, 0.1) is 29.4 Å². The van der Waals surface area contributed by atoms with E-state index in [1.165, 1.54) is 5.69 Å². The van der Waals surface area contributed by atoms with Crippen LogP contribution in [0.3, 0.4) is 0 Å². The van der Waals surface area contributed by atoms with Crippen molar-refractivity contribution in [2.24, 2.45) is 18.4 Å². The van der Waals surface area contributed by atoms with Crippen LogP contribution in [0.1, 0.15) is 118 Å². The average molecular weight is 988 g/mol. The van der Waals surface area contributed by atoms with Gasteiger partial charge in [-0.3, -0.25) is 14.2 Å². The first-order chi connectivity index (χ1) is 34.4. The number of piperidine rings is 2. The molecule has 71 heavy (non-hydrogen) atoms. The Morgan fingerprint density at radius 3 is 2.46 bits per heavy atom. The molecule has 5 aromatic rings. The van der Waals surface area contributed by atoms with Crippen molar-refractivity contribution in [2.45, 2.75) is 122 Å². The first-order valence-corrected chi connectivity index (χ1v) is 26.3. The lowest BCUT2D eigenvalue weighted by atomic mass is 9.77.